The molecule has 0 aliphatic carbocycles. The molecule has 0 aliphatic rings. The predicted octanol–water partition coefficient (Wildman–Crippen LogP) is 2.77. The number of nitrogens with zero attached hydrogens (tertiary/aromatic N) is 2. The van der Waals surface area contributed by atoms with Gasteiger partial charge >= 0.3 is 0 Å². The number of amides is 1. The maximum Gasteiger partial charge on any atom is 0.231 e. The smallest absolute Gasteiger partial charge is 0.231 e. The lowest BCUT2D eigenvalue weighted by Gasteiger charge is -2.15. The molecule has 2 aromatic rings. The summed E-state index contributed by atoms with van der Waals surface area (Å²) >= 11 is 2.75. The van der Waals surface area contributed by atoms with Gasteiger partial charge in [-0.1, -0.05) is 60.4 Å². The molecule has 0 bridgehead atoms. The number of thioether (sulfide) groups is 1. The summed E-state index contributed by atoms with van der Waals surface area (Å²) in [5.74, 6) is -0.0235. The van der Waals surface area contributed by atoms with Crippen molar-refractivity contribution < 1.29 is 9.59 Å². The van der Waals surface area contributed by atoms with E-state index >= 15 is 0 Å². The molecule has 1 atom stereocenters. The Bertz CT molecular complexity index is 691. The first kappa shape index (κ1) is 19.4. The highest BCUT2D eigenvalue weighted by Gasteiger charge is 2.18. The first-order valence-electron chi connectivity index (χ1n) is 8.12. The zero-order valence-corrected chi connectivity index (χ0v) is 16.0. The van der Waals surface area contributed by atoms with Gasteiger partial charge in [0.2, 0.25) is 11.0 Å². The Balaban J connectivity index is 1.82. The Labute approximate surface area is 155 Å². The van der Waals surface area contributed by atoms with E-state index in [1.807, 2.05) is 30.3 Å². The average Bonchev–Trinajstić information content (AvgIpc) is 3.06. The summed E-state index contributed by atoms with van der Waals surface area (Å²) in [6.45, 7) is 4.42. The van der Waals surface area contributed by atoms with Crippen molar-refractivity contribution in [3.63, 3.8) is 0 Å². The fourth-order valence-electron chi connectivity index (χ4n) is 2.08. The van der Waals surface area contributed by atoms with Gasteiger partial charge in [-0.3, -0.25) is 9.59 Å². The highest BCUT2D eigenvalue weighted by molar-refractivity contribution is 8.01. The van der Waals surface area contributed by atoms with Gasteiger partial charge in [-0.25, -0.2) is 0 Å². The lowest BCUT2D eigenvalue weighted by Crippen LogP contribution is -2.42. The zero-order valence-electron chi connectivity index (χ0n) is 14.3. The number of hydrogen-bond donors (Lipinski definition) is 2. The molecule has 0 saturated carbocycles. The van der Waals surface area contributed by atoms with Gasteiger partial charge < -0.3 is 10.6 Å². The number of rotatable bonds is 10. The van der Waals surface area contributed by atoms with Gasteiger partial charge in [0.05, 0.1) is 11.8 Å². The Kier molecular flexibility index (Phi) is 7.87. The van der Waals surface area contributed by atoms with Gasteiger partial charge in [-0.05, 0) is 25.3 Å². The molecule has 1 aromatic carbocycles. The van der Waals surface area contributed by atoms with Gasteiger partial charge in [0.1, 0.15) is 0 Å². The van der Waals surface area contributed by atoms with Crippen LogP contribution >= 0.6 is 23.1 Å². The molecule has 1 heterocycles. The van der Waals surface area contributed by atoms with E-state index in [4.69, 9.17) is 0 Å². The monoisotopic (exact) mass is 378 g/mol. The van der Waals surface area contributed by atoms with Crippen LogP contribution in [0.15, 0.2) is 34.7 Å². The molecule has 0 saturated heterocycles. The highest BCUT2D eigenvalue weighted by atomic mass is 32.2. The van der Waals surface area contributed by atoms with Crippen LogP contribution < -0.4 is 10.6 Å². The van der Waals surface area contributed by atoms with E-state index in [1.165, 1.54) is 30.0 Å². The van der Waals surface area contributed by atoms with E-state index in [2.05, 4.69) is 27.8 Å². The fraction of sp³-hybridized carbons (Fsp3) is 0.412. The van der Waals surface area contributed by atoms with Gasteiger partial charge in [0, 0.05) is 6.54 Å². The minimum Gasteiger partial charge on any atom is -0.360 e. The van der Waals surface area contributed by atoms with E-state index in [1.54, 1.807) is 0 Å². The number of benzene rings is 1. The molecule has 2 rings (SSSR count). The summed E-state index contributed by atoms with van der Waals surface area (Å²) < 4.78 is 0.733. The minimum atomic E-state index is -0.508. The third-order valence-electron chi connectivity index (χ3n) is 3.37. The third kappa shape index (κ3) is 6.83. The Morgan fingerprint density at radius 1 is 1.24 bits per heavy atom. The molecular weight excluding hydrogens is 356 g/mol. The van der Waals surface area contributed by atoms with Crippen LogP contribution in [0, 0.1) is 0 Å². The van der Waals surface area contributed by atoms with E-state index < -0.39 is 6.04 Å². The van der Waals surface area contributed by atoms with Crippen molar-refractivity contribution >= 4 is 39.9 Å². The van der Waals surface area contributed by atoms with Crippen molar-refractivity contribution in [2.75, 3.05) is 17.6 Å². The number of carbonyl (C=O) groups excluding carboxylic acids is 2. The number of ketones is 1. The number of Topliss-reactive ketones (excluding diaryl/α,β-unsaturated/α-hetero) is 1. The molecule has 1 aromatic heterocycles. The standard InChI is InChI=1S/C17H22N4O2S2/c1-3-9-18-16-20-21-17(25-16)24-11-15(23)19-14(12(2)22)10-13-7-5-4-6-8-13/h4-8,14H,3,9-11H2,1-2H3,(H,18,20)(H,19,23)/t14-/m0/s1. The van der Waals surface area contributed by atoms with Crippen LogP contribution in [0.4, 0.5) is 5.13 Å². The second kappa shape index (κ2) is 10.1. The minimum absolute atomic E-state index is 0.0517. The maximum absolute atomic E-state index is 12.2. The first-order valence-corrected chi connectivity index (χ1v) is 9.92. The largest absolute Gasteiger partial charge is 0.360 e. The predicted molar refractivity (Wildman–Crippen MR) is 102 cm³/mol. The number of nitrogens with one attached hydrogen (secondary N) is 2. The maximum atomic E-state index is 12.2. The second-order valence-corrected chi connectivity index (χ2v) is 7.71. The number of hydrogen-bond acceptors (Lipinski definition) is 7. The number of aromatic nitrogens is 2. The molecule has 2 N–H and O–H groups in total. The van der Waals surface area contributed by atoms with Gasteiger partial charge in [-0.15, -0.1) is 10.2 Å². The van der Waals surface area contributed by atoms with Crippen LogP contribution in [0.25, 0.3) is 0 Å². The molecule has 6 nitrogen and oxygen atoms in total. The normalized spacial score (nSPS) is 11.8. The second-order valence-electron chi connectivity index (χ2n) is 5.51. The van der Waals surface area contributed by atoms with Crippen LogP contribution in [0.3, 0.4) is 0 Å². The molecule has 0 aliphatic heterocycles. The molecular formula is C17H22N4O2S2. The summed E-state index contributed by atoms with van der Waals surface area (Å²) in [6.07, 6.45) is 1.51. The summed E-state index contributed by atoms with van der Waals surface area (Å²) in [7, 11) is 0. The Morgan fingerprint density at radius 3 is 2.68 bits per heavy atom. The number of anilines is 1. The van der Waals surface area contributed by atoms with Crippen LogP contribution in [0.1, 0.15) is 25.8 Å². The molecule has 0 radical (unpaired) electrons. The van der Waals surface area contributed by atoms with Crippen molar-refractivity contribution in [3.8, 4) is 0 Å². The summed E-state index contributed by atoms with van der Waals surface area (Å²) in [4.78, 5) is 24.0. The Hall–Kier alpha value is -1.93. The van der Waals surface area contributed by atoms with Crippen LogP contribution in [0.5, 0.6) is 0 Å². The average molecular weight is 379 g/mol. The van der Waals surface area contributed by atoms with Crippen molar-refractivity contribution in [2.45, 2.75) is 37.1 Å². The van der Waals surface area contributed by atoms with Crippen molar-refractivity contribution in [2.24, 2.45) is 0 Å². The van der Waals surface area contributed by atoms with Gasteiger partial charge in [0.25, 0.3) is 0 Å². The molecule has 1 amide bonds. The molecule has 8 heteroatoms. The lowest BCUT2D eigenvalue weighted by molar-refractivity contribution is -0.125. The van der Waals surface area contributed by atoms with E-state index in [-0.39, 0.29) is 17.4 Å². The van der Waals surface area contributed by atoms with Crippen LogP contribution in [0.2, 0.25) is 0 Å². The van der Waals surface area contributed by atoms with Crippen LogP contribution in [-0.2, 0) is 16.0 Å². The van der Waals surface area contributed by atoms with E-state index in [0.717, 1.165) is 28.0 Å². The van der Waals surface area contributed by atoms with Crippen molar-refractivity contribution in [3.05, 3.63) is 35.9 Å². The van der Waals surface area contributed by atoms with Crippen molar-refractivity contribution in [1.29, 1.82) is 0 Å². The topological polar surface area (TPSA) is 84.0 Å². The summed E-state index contributed by atoms with van der Waals surface area (Å²) in [6, 6.07) is 9.15. The van der Waals surface area contributed by atoms with Crippen LogP contribution in [-0.4, -0.2) is 40.2 Å². The highest BCUT2D eigenvalue weighted by Crippen LogP contribution is 2.25. The number of carbonyl (C=O) groups is 2. The van der Waals surface area contributed by atoms with E-state index in [0.29, 0.717) is 6.42 Å². The SMILES string of the molecule is CCCNc1nnc(SCC(=O)N[C@@H](Cc2ccccc2)C(C)=O)s1. The van der Waals surface area contributed by atoms with Crippen molar-refractivity contribution in [1.82, 2.24) is 15.5 Å². The fourth-order valence-corrected chi connectivity index (χ4v) is 3.67. The first-order chi connectivity index (χ1) is 12.1. The molecule has 0 spiro atoms. The molecule has 0 unspecified atom stereocenters. The van der Waals surface area contributed by atoms with Gasteiger partial charge in [-0.2, -0.15) is 0 Å². The van der Waals surface area contributed by atoms with E-state index in [9.17, 15) is 9.59 Å². The quantitative estimate of drug-likeness (QED) is 0.619. The molecule has 134 valence electrons. The summed E-state index contributed by atoms with van der Waals surface area (Å²) in [5.41, 5.74) is 1.02. The Morgan fingerprint density at radius 2 is 2.00 bits per heavy atom. The molecule has 0 fully saturated rings. The lowest BCUT2D eigenvalue weighted by atomic mass is 10.0. The third-order valence-corrected chi connectivity index (χ3v) is 5.38. The zero-order chi connectivity index (χ0) is 18.1. The molecule has 25 heavy (non-hydrogen) atoms. The van der Waals surface area contributed by atoms with Gasteiger partial charge in [0.15, 0.2) is 10.1 Å². The summed E-state index contributed by atoms with van der Waals surface area (Å²) in [5, 5.41) is 14.8.